The number of nitrogens with one attached hydrogen (secondary N) is 1. The first-order chi connectivity index (χ1) is 13.3. The minimum Gasteiger partial charge on any atom is -0.339 e. The van der Waals surface area contributed by atoms with Crippen LogP contribution < -0.4 is 5.32 Å². The molecule has 1 saturated heterocycles. The van der Waals surface area contributed by atoms with Crippen molar-refractivity contribution in [2.24, 2.45) is 0 Å². The number of piperidine rings is 1. The Morgan fingerprint density at radius 3 is 2.25 bits per heavy atom. The van der Waals surface area contributed by atoms with E-state index in [1.807, 2.05) is 4.90 Å². The average molecular weight is 401 g/mol. The molecule has 1 aliphatic rings. The molecular weight excluding hydrogens is 376 g/mol. The number of carbonyl (C=O) groups is 2. The zero-order chi connectivity index (χ0) is 20.1. The van der Waals surface area contributed by atoms with Crippen molar-refractivity contribution in [1.29, 1.82) is 0 Å². The minimum absolute atomic E-state index is 0.0674. The van der Waals surface area contributed by atoms with Gasteiger partial charge in [-0.2, -0.15) is 0 Å². The summed E-state index contributed by atoms with van der Waals surface area (Å²) in [6.45, 7) is 1.48. The number of para-hydroxylation sites is 1. The maximum absolute atomic E-state index is 12.8. The van der Waals surface area contributed by atoms with Crippen LogP contribution in [0.1, 0.15) is 45.5 Å². The van der Waals surface area contributed by atoms with Gasteiger partial charge in [0.1, 0.15) is 0 Å². The fourth-order valence-electron chi connectivity index (χ4n) is 3.30. The van der Waals surface area contributed by atoms with Gasteiger partial charge in [-0.25, -0.2) is 8.42 Å². The molecule has 148 valence electrons. The second-order valence-electron chi connectivity index (χ2n) is 7.12. The lowest BCUT2D eigenvalue weighted by atomic mass is 10.1. The normalized spacial score (nSPS) is 14.5. The van der Waals surface area contributed by atoms with Crippen LogP contribution in [0.5, 0.6) is 0 Å². The van der Waals surface area contributed by atoms with Gasteiger partial charge in [-0.3, -0.25) is 9.59 Å². The number of carbonyl (C=O) groups excluding carboxylic acids is 2. The van der Waals surface area contributed by atoms with Gasteiger partial charge < -0.3 is 10.2 Å². The van der Waals surface area contributed by atoms with Crippen molar-refractivity contribution >= 4 is 27.3 Å². The summed E-state index contributed by atoms with van der Waals surface area (Å²) in [5.74, 6) is -0.480. The van der Waals surface area contributed by atoms with E-state index in [4.69, 9.17) is 0 Å². The number of sulfone groups is 1. The minimum atomic E-state index is -3.13. The van der Waals surface area contributed by atoms with E-state index in [9.17, 15) is 18.0 Å². The molecule has 1 fully saturated rings. The molecule has 28 heavy (non-hydrogen) atoms. The van der Waals surface area contributed by atoms with Crippen LogP contribution in [0.4, 0.5) is 5.69 Å². The van der Waals surface area contributed by atoms with E-state index in [1.54, 1.807) is 48.5 Å². The number of hydrogen-bond donors (Lipinski definition) is 1. The summed E-state index contributed by atoms with van der Waals surface area (Å²) in [7, 11) is -3.13. The molecular formula is C21H24N2O4S. The Morgan fingerprint density at radius 2 is 1.61 bits per heavy atom. The van der Waals surface area contributed by atoms with Crippen LogP contribution in [0.3, 0.4) is 0 Å². The van der Waals surface area contributed by atoms with Gasteiger partial charge in [0.05, 0.1) is 17.0 Å². The van der Waals surface area contributed by atoms with Gasteiger partial charge in [0.25, 0.3) is 11.8 Å². The second-order valence-corrected chi connectivity index (χ2v) is 9.26. The van der Waals surface area contributed by atoms with Crippen molar-refractivity contribution in [2.45, 2.75) is 25.0 Å². The third-order valence-electron chi connectivity index (χ3n) is 4.69. The second kappa shape index (κ2) is 8.56. The van der Waals surface area contributed by atoms with E-state index in [2.05, 4.69) is 5.32 Å². The lowest BCUT2D eigenvalue weighted by Crippen LogP contribution is -2.36. The molecule has 0 bridgehead atoms. The highest BCUT2D eigenvalue weighted by atomic mass is 32.2. The molecule has 1 aliphatic heterocycles. The van der Waals surface area contributed by atoms with Crippen LogP contribution in [0.25, 0.3) is 0 Å². The fourth-order valence-corrected chi connectivity index (χ4v) is 4.09. The van der Waals surface area contributed by atoms with Crippen LogP contribution in [-0.2, 0) is 15.6 Å². The first-order valence-electron chi connectivity index (χ1n) is 9.30. The Bertz CT molecular complexity index is 962. The van der Waals surface area contributed by atoms with Gasteiger partial charge in [-0.15, -0.1) is 0 Å². The number of nitrogens with zero attached hydrogens (tertiary/aromatic N) is 1. The Kier molecular flexibility index (Phi) is 6.14. The average Bonchev–Trinajstić information content (AvgIpc) is 2.68. The Labute approximate surface area is 165 Å². The van der Waals surface area contributed by atoms with E-state index in [-0.39, 0.29) is 17.6 Å². The summed E-state index contributed by atoms with van der Waals surface area (Å²) in [6, 6.07) is 13.4. The van der Waals surface area contributed by atoms with Crippen molar-refractivity contribution in [3.63, 3.8) is 0 Å². The highest BCUT2D eigenvalue weighted by Crippen LogP contribution is 2.21. The van der Waals surface area contributed by atoms with Gasteiger partial charge in [0.2, 0.25) is 0 Å². The maximum atomic E-state index is 12.8. The predicted octanol–water partition coefficient (Wildman–Crippen LogP) is 3.11. The predicted molar refractivity (Wildman–Crippen MR) is 109 cm³/mol. The summed E-state index contributed by atoms with van der Waals surface area (Å²) in [4.78, 5) is 27.3. The molecule has 0 radical (unpaired) electrons. The van der Waals surface area contributed by atoms with Crippen LogP contribution in [0.15, 0.2) is 48.5 Å². The lowest BCUT2D eigenvalue weighted by Gasteiger charge is -2.27. The third kappa shape index (κ3) is 5.19. The molecule has 0 unspecified atom stereocenters. The van der Waals surface area contributed by atoms with Crippen LogP contribution in [0.2, 0.25) is 0 Å². The lowest BCUT2D eigenvalue weighted by molar-refractivity contribution is 0.0725. The molecule has 0 saturated carbocycles. The first kappa shape index (κ1) is 20.1. The number of benzene rings is 2. The highest BCUT2D eigenvalue weighted by molar-refractivity contribution is 7.89. The molecule has 2 aromatic rings. The molecule has 0 aromatic heterocycles. The monoisotopic (exact) mass is 400 g/mol. The van der Waals surface area contributed by atoms with Crippen molar-refractivity contribution in [3.05, 3.63) is 65.2 Å². The molecule has 0 spiro atoms. The fraction of sp³-hybridized carbons (Fsp3) is 0.333. The topological polar surface area (TPSA) is 83.5 Å². The van der Waals surface area contributed by atoms with Crippen molar-refractivity contribution < 1.29 is 18.0 Å². The van der Waals surface area contributed by atoms with Crippen molar-refractivity contribution in [2.75, 3.05) is 24.7 Å². The van der Waals surface area contributed by atoms with E-state index < -0.39 is 9.84 Å². The van der Waals surface area contributed by atoms with Gasteiger partial charge >= 0.3 is 0 Å². The number of rotatable bonds is 5. The SMILES string of the molecule is CS(=O)(=O)Cc1ccc(C(=O)Nc2ccccc2C(=O)N2CCCCC2)cc1. The Balaban J connectivity index is 1.74. The molecule has 0 atom stereocenters. The number of likely N-dealkylation sites (tertiary alicyclic amines) is 1. The van der Waals surface area contributed by atoms with E-state index >= 15 is 0 Å². The zero-order valence-corrected chi connectivity index (χ0v) is 16.7. The van der Waals surface area contributed by atoms with Gasteiger partial charge in [-0.05, 0) is 49.1 Å². The van der Waals surface area contributed by atoms with Crippen molar-refractivity contribution in [1.82, 2.24) is 4.90 Å². The Hall–Kier alpha value is -2.67. The highest BCUT2D eigenvalue weighted by Gasteiger charge is 2.21. The van der Waals surface area contributed by atoms with Gasteiger partial charge in [-0.1, -0.05) is 24.3 Å². The molecule has 6 nitrogen and oxygen atoms in total. The van der Waals surface area contributed by atoms with Gasteiger partial charge in [0.15, 0.2) is 9.84 Å². The largest absolute Gasteiger partial charge is 0.339 e. The summed E-state index contributed by atoms with van der Waals surface area (Å²) < 4.78 is 22.8. The molecule has 3 rings (SSSR count). The molecule has 7 heteroatoms. The molecule has 0 aliphatic carbocycles. The maximum Gasteiger partial charge on any atom is 0.255 e. The number of amides is 2. The summed E-state index contributed by atoms with van der Waals surface area (Å²) in [6.07, 6.45) is 4.31. The van der Waals surface area contributed by atoms with Crippen molar-refractivity contribution in [3.8, 4) is 0 Å². The summed E-state index contributed by atoms with van der Waals surface area (Å²) >= 11 is 0. The number of hydrogen-bond acceptors (Lipinski definition) is 4. The smallest absolute Gasteiger partial charge is 0.255 e. The number of anilines is 1. The first-order valence-corrected chi connectivity index (χ1v) is 11.4. The quantitative estimate of drug-likeness (QED) is 0.836. The van der Waals surface area contributed by atoms with E-state index in [0.717, 1.165) is 32.4 Å². The standard InChI is InChI=1S/C21H24N2O4S/c1-28(26,27)15-16-9-11-17(12-10-16)20(24)22-19-8-4-3-7-18(19)21(25)23-13-5-2-6-14-23/h3-4,7-12H,2,5-6,13-15H2,1H3,(H,22,24). The molecule has 1 heterocycles. The Morgan fingerprint density at radius 1 is 0.964 bits per heavy atom. The van der Waals surface area contributed by atoms with Gasteiger partial charge in [0, 0.05) is 24.9 Å². The van der Waals surface area contributed by atoms with Crippen LogP contribution in [0, 0.1) is 0 Å². The molecule has 2 amide bonds. The zero-order valence-electron chi connectivity index (χ0n) is 15.8. The molecule has 1 N–H and O–H groups in total. The van der Waals surface area contributed by atoms with Crippen LogP contribution >= 0.6 is 0 Å². The van der Waals surface area contributed by atoms with Crippen LogP contribution in [-0.4, -0.2) is 44.5 Å². The van der Waals surface area contributed by atoms with E-state index in [0.29, 0.717) is 22.4 Å². The molecule has 2 aromatic carbocycles. The summed E-state index contributed by atoms with van der Waals surface area (Å²) in [5, 5.41) is 2.81. The van der Waals surface area contributed by atoms with E-state index in [1.165, 1.54) is 6.26 Å². The third-order valence-corrected chi connectivity index (χ3v) is 5.55. The summed E-state index contributed by atoms with van der Waals surface area (Å²) in [5.41, 5.74) is 1.98.